The molecule has 0 radical (unpaired) electrons. The molecule has 4 rings (SSSR count). The first-order valence-electron chi connectivity index (χ1n) is 7.92. The van der Waals surface area contributed by atoms with Crippen LogP contribution in [0.1, 0.15) is 32.4 Å². The van der Waals surface area contributed by atoms with E-state index in [1.54, 1.807) is 0 Å². The van der Waals surface area contributed by atoms with Crippen molar-refractivity contribution in [3.63, 3.8) is 0 Å². The lowest BCUT2D eigenvalue weighted by atomic mass is 9.98. The van der Waals surface area contributed by atoms with E-state index in [2.05, 4.69) is 29.4 Å². The molecule has 1 heterocycles. The van der Waals surface area contributed by atoms with E-state index in [1.165, 1.54) is 12.8 Å². The Bertz CT molecular complexity index is 662. The van der Waals surface area contributed by atoms with Crippen molar-refractivity contribution in [1.29, 1.82) is 0 Å². The summed E-state index contributed by atoms with van der Waals surface area (Å²) in [5, 5.41) is 13.1. The highest BCUT2D eigenvalue weighted by molar-refractivity contribution is 6.35. The van der Waals surface area contributed by atoms with E-state index in [0.717, 1.165) is 46.4 Å². The van der Waals surface area contributed by atoms with Gasteiger partial charge in [-0.1, -0.05) is 31.5 Å². The second kappa shape index (κ2) is 4.72. The number of hydrogen-bond donors (Lipinski definition) is 2. The summed E-state index contributed by atoms with van der Waals surface area (Å²) < 4.78 is 0. The minimum atomic E-state index is 0.616. The second-order valence-corrected chi connectivity index (χ2v) is 7.65. The van der Waals surface area contributed by atoms with Crippen LogP contribution in [-0.4, -0.2) is 22.8 Å². The molecule has 2 N–H and O–H groups in total. The van der Waals surface area contributed by atoms with Gasteiger partial charge in [0, 0.05) is 30.1 Å². The quantitative estimate of drug-likeness (QED) is 0.902. The Morgan fingerprint density at radius 3 is 2.86 bits per heavy atom. The van der Waals surface area contributed by atoms with E-state index in [4.69, 9.17) is 11.6 Å². The fourth-order valence-electron chi connectivity index (χ4n) is 4.34. The number of nitrogens with zero attached hydrogens (tertiary/aromatic N) is 1. The lowest BCUT2D eigenvalue weighted by Crippen LogP contribution is -2.31. The number of benzene rings is 1. The summed E-state index contributed by atoms with van der Waals surface area (Å²) in [7, 11) is 0. The predicted octanol–water partition coefficient (Wildman–Crippen LogP) is 3.78. The number of rotatable bonds is 4. The Hall–Kier alpha value is -1.06. The fraction of sp³-hybridized carbons (Fsp3) is 0.588. The van der Waals surface area contributed by atoms with Gasteiger partial charge in [-0.05, 0) is 42.2 Å². The molecule has 2 saturated carbocycles. The van der Waals surface area contributed by atoms with Crippen LogP contribution in [0.2, 0.25) is 5.02 Å². The van der Waals surface area contributed by atoms with Gasteiger partial charge in [-0.2, -0.15) is 5.10 Å². The Morgan fingerprint density at radius 1 is 1.33 bits per heavy atom. The predicted molar refractivity (Wildman–Crippen MR) is 86.6 cm³/mol. The fourth-order valence-corrected chi connectivity index (χ4v) is 4.62. The molecule has 0 bridgehead atoms. The molecule has 1 aromatic heterocycles. The van der Waals surface area contributed by atoms with Gasteiger partial charge in [0.25, 0.3) is 0 Å². The Balaban J connectivity index is 1.35. The summed E-state index contributed by atoms with van der Waals surface area (Å²) in [5.41, 5.74) is 2.72. The van der Waals surface area contributed by atoms with Crippen LogP contribution in [0.4, 0.5) is 0 Å². The van der Waals surface area contributed by atoms with Crippen molar-refractivity contribution >= 4 is 22.5 Å². The molecule has 2 unspecified atom stereocenters. The molecule has 3 nitrogen and oxygen atoms in total. The number of H-pyrrole nitrogens is 1. The van der Waals surface area contributed by atoms with Gasteiger partial charge in [0.2, 0.25) is 0 Å². The Labute approximate surface area is 130 Å². The number of halogens is 1. The van der Waals surface area contributed by atoms with Gasteiger partial charge in [-0.15, -0.1) is 0 Å². The lowest BCUT2D eigenvalue weighted by Gasteiger charge is -2.18. The van der Waals surface area contributed by atoms with E-state index in [9.17, 15) is 0 Å². The highest BCUT2D eigenvalue weighted by Gasteiger charge is 2.61. The van der Waals surface area contributed by atoms with Crippen molar-refractivity contribution in [1.82, 2.24) is 15.5 Å². The van der Waals surface area contributed by atoms with Gasteiger partial charge in [0.05, 0.1) is 10.5 Å². The lowest BCUT2D eigenvalue weighted by molar-refractivity contribution is 0.387. The summed E-state index contributed by atoms with van der Waals surface area (Å²) in [6.07, 6.45) is 3.65. The molecule has 0 amide bonds. The third kappa shape index (κ3) is 2.18. The zero-order valence-electron chi connectivity index (χ0n) is 12.6. The molecule has 2 aliphatic rings. The summed E-state index contributed by atoms with van der Waals surface area (Å²) in [5.74, 6) is 1.91. The van der Waals surface area contributed by atoms with Crippen LogP contribution < -0.4 is 5.32 Å². The first kappa shape index (κ1) is 13.6. The zero-order chi connectivity index (χ0) is 14.6. The van der Waals surface area contributed by atoms with E-state index >= 15 is 0 Å². The number of nitrogens with one attached hydrogen (secondary N) is 2. The zero-order valence-corrected chi connectivity index (χ0v) is 13.4. The monoisotopic (exact) mass is 303 g/mol. The van der Waals surface area contributed by atoms with E-state index in [1.807, 2.05) is 18.2 Å². The molecule has 112 valence electrons. The van der Waals surface area contributed by atoms with Gasteiger partial charge in [0.15, 0.2) is 0 Å². The van der Waals surface area contributed by atoms with E-state index in [-0.39, 0.29) is 0 Å². The normalized spacial score (nSPS) is 29.8. The van der Waals surface area contributed by atoms with Gasteiger partial charge in [0.1, 0.15) is 0 Å². The van der Waals surface area contributed by atoms with Crippen molar-refractivity contribution in [3.8, 4) is 0 Å². The minimum Gasteiger partial charge on any atom is -0.314 e. The van der Waals surface area contributed by atoms with Crippen molar-refractivity contribution in [3.05, 3.63) is 28.9 Å². The van der Waals surface area contributed by atoms with Crippen LogP contribution in [-0.2, 0) is 6.42 Å². The van der Waals surface area contributed by atoms with Gasteiger partial charge >= 0.3 is 0 Å². The molecule has 1 aromatic carbocycles. The summed E-state index contributed by atoms with van der Waals surface area (Å²) in [6.45, 7) is 5.82. The number of hydrogen-bond acceptors (Lipinski definition) is 2. The Kier molecular flexibility index (Phi) is 3.05. The molecule has 0 spiro atoms. The van der Waals surface area contributed by atoms with E-state index in [0.29, 0.717) is 11.5 Å². The standard InChI is InChI=1S/C17H22ClN3/c1-17(2)11-8-10(9-12(11)17)19-7-6-15-16-13(18)4-3-5-14(16)20-21-15/h3-5,10-12,19H,6-9H2,1-2H3,(H,20,21). The first-order valence-corrected chi connectivity index (χ1v) is 8.30. The third-order valence-electron chi connectivity index (χ3n) is 5.78. The molecule has 2 fully saturated rings. The second-order valence-electron chi connectivity index (χ2n) is 7.24. The topological polar surface area (TPSA) is 40.7 Å². The van der Waals surface area contributed by atoms with Gasteiger partial charge in [-0.3, -0.25) is 5.10 Å². The summed E-state index contributed by atoms with van der Waals surface area (Å²) in [4.78, 5) is 0. The van der Waals surface area contributed by atoms with Crippen molar-refractivity contribution < 1.29 is 0 Å². The molecule has 4 heteroatoms. The van der Waals surface area contributed by atoms with Crippen LogP contribution in [0.5, 0.6) is 0 Å². The van der Waals surface area contributed by atoms with Crippen LogP contribution >= 0.6 is 11.6 Å². The van der Waals surface area contributed by atoms with E-state index < -0.39 is 0 Å². The van der Waals surface area contributed by atoms with Crippen molar-refractivity contribution in [2.24, 2.45) is 17.3 Å². The molecule has 21 heavy (non-hydrogen) atoms. The SMILES string of the molecule is CC1(C)C2CC(NCCc3[nH]nc4cccc(Cl)c34)CC21. The molecular weight excluding hydrogens is 282 g/mol. The largest absolute Gasteiger partial charge is 0.314 e. The maximum Gasteiger partial charge on any atom is 0.0938 e. The van der Waals surface area contributed by atoms with Crippen LogP contribution in [0.3, 0.4) is 0 Å². The molecule has 2 aromatic rings. The molecular formula is C17H22ClN3. The average Bonchev–Trinajstić information content (AvgIpc) is 2.87. The molecule has 2 aliphatic carbocycles. The van der Waals surface area contributed by atoms with Crippen LogP contribution in [0.25, 0.3) is 10.9 Å². The average molecular weight is 304 g/mol. The van der Waals surface area contributed by atoms with Crippen LogP contribution in [0, 0.1) is 17.3 Å². The van der Waals surface area contributed by atoms with Gasteiger partial charge < -0.3 is 5.32 Å². The molecule has 2 atom stereocenters. The highest BCUT2D eigenvalue weighted by Crippen LogP contribution is 2.66. The highest BCUT2D eigenvalue weighted by atomic mass is 35.5. The smallest absolute Gasteiger partial charge is 0.0938 e. The number of fused-ring (bicyclic) bond motifs is 2. The molecule has 0 aliphatic heterocycles. The third-order valence-corrected chi connectivity index (χ3v) is 6.09. The number of aromatic amines is 1. The van der Waals surface area contributed by atoms with Crippen molar-refractivity contribution in [2.75, 3.05) is 6.54 Å². The maximum absolute atomic E-state index is 6.29. The number of aromatic nitrogens is 2. The minimum absolute atomic E-state index is 0.616. The molecule has 0 saturated heterocycles. The Morgan fingerprint density at radius 2 is 2.10 bits per heavy atom. The maximum atomic E-state index is 6.29. The van der Waals surface area contributed by atoms with Crippen molar-refractivity contribution in [2.45, 2.75) is 39.2 Å². The summed E-state index contributed by atoms with van der Waals surface area (Å²) >= 11 is 6.29. The van der Waals surface area contributed by atoms with Crippen LogP contribution in [0.15, 0.2) is 18.2 Å². The summed E-state index contributed by atoms with van der Waals surface area (Å²) in [6, 6.07) is 6.59. The first-order chi connectivity index (χ1) is 10.1. The van der Waals surface area contributed by atoms with Gasteiger partial charge in [-0.25, -0.2) is 0 Å².